The van der Waals surface area contributed by atoms with Crippen LogP contribution in [0, 0.1) is 0 Å². The van der Waals surface area contributed by atoms with E-state index in [9.17, 15) is 22.8 Å². The van der Waals surface area contributed by atoms with Crippen molar-refractivity contribution in [2.24, 2.45) is 0 Å². The lowest BCUT2D eigenvalue weighted by molar-refractivity contribution is -0.136. The van der Waals surface area contributed by atoms with Crippen molar-refractivity contribution in [3.05, 3.63) is 33.7 Å². The number of piperidine rings is 1. The van der Waals surface area contributed by atoms with E-state index in [-0.39, 0.29) is 34.0 Å². The predicted molar refractivity (Wildman–Crippen MR) is 107 cm³/mol. The second-order valence-corrected chi connectivity index (χ2v) is 8.99. The van der Waals surface area contributed by atoms with Crippen molar-refractivity contribution in [3.8, 4) is 0 Å². The molecule has 0 radical (unpaired) electrons. The lowest BCUT2D eigenvalue weighted by Gasteiger charge is -2.35. The number of alkyl halides is 3. The third kappa shape index (κ3) is 3.66. The zero-order chi connectivity index (χ0) is 21.9. The molecule has 0 aromatic carbocycles. The van der Waals surface area contributed by atoms with E-state index in [1.807, 2.05) is 0 Å². The molecule has 2 saturated heterocycles. The Morgan fingerprint density at radius 3 is 2.45 bits per heavy atom. The van der Waals surface area contributed by atoms with Gasteiger partial charge in [0.25, 0.3) is 5.91 Å². The lowest BCUT2D eigenvalue weighted by Crippen LogP contribution is -2.47. The lowest BCUT2D eigenvalue weighted by atomic mass is 10.0. The fourth-order valence-electron chi connectivity index (χ4n) is 4.39. The Morgan fingerprint density at radius 2 is 1.87 bits per heavy atom. The van der Waals surface area contributed by atoms with Crippen LogP contribution < -0.4 is 0 Å². The van der Waals surface area contributed by atoms with Gasteiger partial charge in [-0.2, -0.15) is 13.2 Å². The quantitative estimate of drug-likeness (QED) is 0.637. The second-order valence-electron chi connectivity index (χ2n) is 8.24. The summed E-state index contributed by atoms with van der Waals surface area (Å²) in [5.41, 5.74) is -0.530. The highest BCUT2D eigenvalue weighted by Crippen LogP contribution is 2.43. The molecule has 7 nitrogen and oxygen atoms in total. The number of aromatic nitrogens is 2. The van der Waals surface area contributed by atoms with Crippen LogP contribution in [0.4, 0.5) is 18.0 Å². The van der Waals surface area contributed by atoms with E-state index in [1.165, 1.54) is 4.40 Å². The second kappa shape index (κ2) is 7.39. The highest BCUT2D eigenvalue weighted by molar-refractivity contribution is 9.10. The molecule has 0 bridgehead atoms. The molecule has 166 valence electrons. The van der Waals surface area contributed by atoms with Crippen LogP contribution in [-0.2, 0) is 10.9 Å². The summed E-state index contributed by atoms with van der Waals surface area (Å²) >= 11 is 3.31. The van der Waals surface area contributed by atoms with E-state index in [0.717, 1.165) is 18.9 Å². The van der Waals surface area contributed by atoms with Crippen LogP contribution in [0.5, 0.6) is 0 Å². The Hall–Kier alpha value is -2.30. The first-order valence-electron chi connectivity index (χ1n) is 10.3. The van der Waals surface area contributed by atoms with Crippen molar-refractivity contribution in [1.29, 1.82) is 0 Å². The van der Waals surface area contributed by atoms with Crippen LogP contribution in [0.25, 0.3) is 5.65 Å². The molecule has 2 aromatic heterocycles. The van der Waals surface area contributed by atoms with E-state index in [4.69, 9.17) is 4.74 Å². The summed E-state index contributed by atoms with van der Waals surface area (Å²) < 4.78 is 47.6. The molecule has 11 heteroatoms. The minimum atomic E-state index is -4.57. The zero-order valence-electron chi connectivity index (χ0n) is 16.5. The number of carbonyl (C=O) groups excluding carboxylic acids is 2. The van der Waals surface area contributed by atoms with E-state index in [2.05, 4.69) is 20.9 Å². The molecule has 0 atom stereocenters. The molecular formula is C20H20BrF3N4O3. The van der Waals surface area contributed by atoms with Crippen molar-refractivity contribution >= 4 is 33.6 Å². The maximum absolute atomic E-state index is 13.7. The summed E-state index contributed by atoms with van der Waals surface area (Å²) in [6, 6.07) is 1.16. The summed E-state index contributed by atoms with van der Waals surface area (Å²) in [7, 11) is 0. The van der Waals surface area contributed by atoms with Gasteiger partial charge < -0.3 is 14.5 Å². The number of hydrogen-bond acceptors (Lipinski definition) is 4. The van der Waals surface area contributed by atoms with E-state index >= 15 is 0 Å². The fourth-order valence-corrected chi connectivity index (χ4v) is 4.92. The first kappa shape index (κ1) is 20.6. The summed E-state index contributed by atoms with van der Waals surface area (Å²) in [5, 5.41) is 0. The topological polar surface area (TPSA) is 67.2 Å². The third-order valence-corrected chi connectivity index (χ3v) is 6.98. The van der Waals surface area contributed by atoms with Gasteiger partial charge in [-0.3, -0.25) is 9.20 Å². The van der Waals surface area contributed by atoms with Gasteiger partial charge in [0.1, 0.15) is 11.2 Å². The van der Waals surface area contributed by atoms with Crippen LogP contribution in [0.1, 0.15) is 53.2 Å². The molecule has 2 aliphatic heterocycles. The van der Waals surface area contributed by atoms with Gasteiger partial charge in [0, 0.05) is 25.3 Å². The number of halogens is 4. The SMILES string of the molecule is O=C(c1nc2c(C(F)(F)F)cc(C3CC3)cn2c1Br)N1CCC(N2CCOC2=O)CC1. The minimum Gasteiger partial charge on any atom is -0.448 e. The van der Waals surface area contributed by atoms with E-state index in [1.54, 1.807) is 16.0 Å². The minimum absolute atomic E-state index is 0.00138. The molecule has 2 aromatic rings. The molecule has 4 heterocycles. The Kier molecular flexibility index (Phi) is 4.91. The average molecular weight is 501 g/mol. The summed E-state index contributed by atoms with van der Waals surface area (Å²) in [5.74, 6) is -0.297. The summed E-state index contributed by atoms with van der Waals surface area (Å²) in [4.78, 5) is 32.2. The van der Waals surface area contributed by atoms with Gasteiger partial charge in [0.2, 0.25) is 0 Å². The van der Waals surface area contributed by atoms with Crippen LogP contribution in [0.3, 0.4) is 0 Å². The number of hydrogen-bond donors (Lipinski definition) is 0. The number of cyclic esters (lactones) is 1. The van der Waals surface area contributed by atoms with E-state index in [0.29, 0.717) is 44.6 Å². The standard InChI is InChI=1S/C20H20BrF3N4O3/c21-16-15(18(29)26-5-3-13(4-6-26)27-7-8-31-19(27)30)25-17-14(20(22,23)24)9-12(10-28(16)17)11-1-2-11/h9-11,13H,1-8H2. The molecule has 2 amide bonds. The van der Waals surface area contributed by atoms with Crippen LogP contribution >= 0.6 is 15.9 Å². The number of rotatable bonds is 3. The number of amides is 2. The maximum atomic E-state index is 13.7. The van der Waals surface area contributed by atoms with Gasteiger partial charge in [-0.25, -0.2) is 9.78 Å². The molecule has 5 rings (SSSR count). The van der Waals surface area contributed by atoms with Crippen LogP contribution in [0.15, 0.2) is 16.9 Å². The number of pyridine rings is 1. The van der Waals surface area contributed by atoms with Crippen LogP contribution in [-0.4, -0.2) is 63.5 Å². The molecule has 0 spiro atoms. The first-order chi connectivity index (χ1) is 14.7. The largest absolute Gasteiger partial charge is 0.448 e. The third-order valence-electron chi connectivity index (χ3n) is 6.22. The smallest absolute Gasteiger partial charge is 0.419 e. The van der Waals surface area contributed by atoms with Gasteiger partial charge >= 0.3 is 12.3 Å². The molecule has 0 unspecified atom stereocenters. The highest BCUT2D eigenvalue weighted by Gasteiger charge is 2.39. The van der Waals surface area contributed by atoms with Crippen molar-refractivity contribution < 1.29 is 27.5 Å². The predicted octanol–water partition coefficient (Wildman–Crippen LogP) is 4.05. The Morgan fingerprint density at radius 1 is 1.16 bits per heavy atom. The van der Waals surface area contributed by atoms with Crippen molar-refractivity contribution in [2.45, 2.75) is 43.8 Å². The van der Waals surface area contributed by atoms with Gasteiger partial charge in [0.05, 0.1) is 12.1 Å². The van der Waals surface area contributed by atoms with Gasteiger partial charge in [0.15, 0.2) is 11.3 Å². The molecule has 31 heavy (non-hydrogen) atoms. The van der Waals surface area contributed by atoms with Gasteiger partial charge in [-0.15, -0.1) is 0 Å². The number of nitrogens with zero attached hydrogens (tertiary/aromatic N) is 4. The Balaban J connectivity index is 1.42. The summed E-state index contributed by atoms with van der Waals surface area (Å²) in [6.45, 7) is 1.70. The summed E-state index contributed by atoms with van der Waals surface area (Å²) in [6.07, 6.45) is -0.363. The normalized spacial score (nSPS) is 20.6. The average Bonchev–Trinajstić information content (AvgIpc) is 3.42. The number of ether oxygens (including phenoxy) is 1. The van der Waals surface area contributed by atoms with Crippen LogP contribution in [0.2, 0.25) is 0 Å². The molecule has 3 fully saturated rings. The van der Waals surface area contributed by atoms with Crippen molar-refractivity contribution in [2.75, 3.05) is 26.2 Å². The van der Waals surface area contributed by atoms with Crippen molar-refractivity contribution in [3.63, 3.8) is 0 Å². The van der Waals surface area contributed by atoms with E-state index < -0.39 is 17.6 Å². The molecule has 1 saturated carbocycles. The Bertz CT molecular complexity index is 1060. The molecule has 3 aliphatic rings. The molecular weight excluding hydrogens is 481 g/mol. The number of fused-ring (bicyclic) bond motifs is 1. The highest BCUT2D eigenvalue weighted by atomic mass is 79.9. The molecule has 0 N–H and O–H groups in total. The van der Waals surface area contributed by atoms with Crippen molar-refractivity contribution in [1.82, 2.24) is 19.2 Å². The zero-order valence-corrected chi connectivity index (χ0v) is 18.1. The van der Waals surface area contributed by atoms with Gasteiger partial charge in [-0.05, 0) is 59.2 Å². The fraction of sp³-hybridized carbons (Fsp3) is 0.550. The monoisotopic (exact) mass is 500 g/mol. The Labute approximate surface area is 184 Å². The first-order valence-corrected chi connectivity index (χ1v) is 11.0. The molecule has 1 aliphatic carbocycles. The van der Waals surface area contributed by atoms with Gasteiger partial charge in [-0.1, -0.05) is 0 Å². The number of carbonyl (C=O) groups is 2. The number of imidazole rings is 1. The maximum Gasteiger partial charge on any atom is 0.419 e. The number of likely N-dealkylation sites (tertiary alicyclic amines) is 1.